The predicted molar refractivity (Wildman–Crippen MR) is 70.3 cm³/mol. The third kappa shape index (κ3) is 3.03. The fourth-order valence-corrected chi connectivity index (χ4v) is 1.99. The van der Waals surface area contributed by atoms with Gasteiger partial charge in [-0.2, -0.15) is 0 Å². The summed E-state index contributed by atoms with van der Waals surface area (Å²) in [5.74, 6) is -0.152. The first kappa shape index (κ1) is 15.0. The van der Waals surface area contributed by atoms with Crippen molar-refractivity contribution in [3.8, 4) is 0 Å². The van der Waals surface area contributed by atoms with Gasteiger partial charge in [0.15, 0.2) is 11.9 Å². The lowest BCUT2D eigenvalue weighted by molar-refractivity contribution is -0.134. The van der Waals surface area contributed by atoms with Gasteiger partial charge in [-0.1, -0.05) is 48.5 Å². The Morgan fingerprint density at radius 2 is 1.72 bits per heavy atom. The van der Waals surface area contributed by atoms with Crippen molar-refractivity contribution in [3.05, 3.63) is 0 Å². The lowest BCUT2D eigenvalue weighted by Crippen LogP contribution is -2.48. The minimum absolute atomic E-state index is 0.000718. The van der Waals surface area contributed by atoms with Crippen LogP contribution in [0.1, 0.15) is 48.5 Å². The van der Waals surface area contributed by atoms with Crippen molar-refractivity contribution < 1.29 is 14.3 Å². The number of hydrogen-bond donors (Lipinski definition) is 1. The van der Waals surface area contributed by atoms with Crippen LogP contribution in [-0.4, -0.2) is 24.0 Å². The molecule has 0 spiro atoms. The van der Waals surface area contributed by atoms with E-state index >= 15 is 0 Å². The normalized spacial score (nSPS) is 26.5. The van der Waals surface area contributed by atoms with Gasteiger partial charge in [-0.05, 0) is 10.8 Å². The van der Waals surface area contributed by atoms with Crippen LogP contribution in [0.15, 0.2) is 0 Å². The van der Waals surface area contributed by atoms with E-state index in [1.807, 2.05) is 48.5 Å². The molecule has 3 atom stereocenters. The topological polar surface area (TPSA) is 55.4 Å². The van der Waals surface area contributed by atoms with Crippen molar-refractivity contribution in [3.63, 3.8) is 0 Å². The van der Waals surface area contributed by atoms with E-state index < -0.39 is 12.2 Å². The Kier molecular flexibility index (Phi) is 3.80. The van der Waals surface area contributed by atoms with Crippen LogP contribution < -0.4 is 5.32 Å². The molecule has 0 aromatic rings. The molecular weight excluding hydrogens is 230 g/mol. The number of rotatable bonds is 2. The zero-order valence-corrected chi connectivity index (χ0v) is 12.5. The molecule has 2 unspecified atom stereocenters. The molecule has 0 aromatic heterocycles. The molecule has 0 radical (unpaired) electrons. The number of carbonyl (C=O) groups excluding carboxylic acids is 2. The molecule has 1 N–H and O–H groups in total. The number of hydrogen-bond acceptors (Lipinski definition) is 3. The average molecular weight is 255 g/mol. The predicted octanol–water partition coefficient (Wildman–Crippen LogP) is 2.76. The highest BCUT2D eigenvalue weighted by atomic mass is 16.6. The third-order valence-corrected chi connectivity index (χ3v) is 3.75. The number of alkyl carbamates (subject to hydrolysis) is 1. The molecule has 104 valence electrons. The van der Waals surface area contributed by atoms with E-state index in [2.05, 4.69) is 5.32 Å². The number of Topliss-reactive ketones (excluding diaryl/α,β-unsaturated/α-hetero) is 1. The Hall–Kier alpha value is -1.06. The summed E-state index contributed by atoms with van der Waals surface area (Å²) in [5, 5.41) is 2.75. The second-order valence-electron chi connectivity index (χ2n) is 7.30. The van der Waals surface area contributed by atoms with E-state index in [1.54, 1.807) is 0 Å². The molecule has 0 aliphatic carbocycles. The van der Waals surface area contributed by atoms with E-state index in [0.29, 0.717) is 0 Å². The molecule has 4 nitrogen and oxygen atoms in total. The van der Waals surface area contributed by atoms with Crippen molar-refractivity contribution in [1.29, 1.82) is 0 Å². The minimum atomic E-state index is -0.674. The summed E-state index contributed by atoms with van der Waals surface area (Å²) >= 11 is 0. The first-order valence-electron chi connectivity index (χ1n) is 6.45. The molecule has 0 saturated carbocycles. The highest BCUT2D eigenvalue weighted by Gasteiger charge is 2.47. The molecule has 1 heterocycles. The van der Waals surface area contributed by atoms with E-state index in [4.69, 9.17) is 4.74 Å². The zero-order valence-electron chi connectivity index (χ0n) is 12.5. The molecule has 0 aromatic carbocycles. The van der Waals surface area contributed by atoms with E-state index in [1.165, 1.54) is 0 Å². The first-order valence-corrected chi connectivity index (χ1v) is 6.45. The van der Waals surface area contributed by atoms with Crippen molar-refractivity contribution in [2.75, 3.05) is 0 Å². The van der Waals surface area contributed by atoms with Gasteiger partial charge in [0.1, 0.15) is 0 Å². The maximum atomic E-state index is 12.5. The number of amides is 1. The Morgan fingerprint density at radius 3 is 2.11 bits per heavy atom. The molecule has 1 rings (SSSR count). The van der Waals surface area contributed by atoms with Crippen molar-refractivity contribution in [1.82, 2.24) is 5.32 Å². The van der Waals surface area contributed by atoms with Crippen molar-refractivity contribution in [2.45, 2.75) is 60.6 Å². The molecule has 1 saturated heterocycles. The standard InChI is InChI=1S/C14H25NO3/c1-8(13(2,3)4)9(16)10-11(14(5,6)7)15-12(17)18-10/h8,10-11H,1-7H3,(H,15,17)/t8-,10?,11?/m0/s1. The summed E-state index contributed by atoms with van der Waals surface area (Å²) in [6.07, 6.45) is -1.17. The summed E-state index contributed by atoms with van der Waals surface area (Å²) in [6.45, 7) is 13.9. The van der Waals surface area contributed by atoms with E-state index in [9.17, 15) is 9.59 Å². The molecule has 4 heteroatoms. The van der Waals surface area contributed by atoms with E-state index in [-0.39, 0.29) is 28.6 Å². The van der Waals surface area contributed by atoms with Crippen LogP contribution in [0, 0.1) is 16.7 Å². The second kappa shape index (κ2) is 4.56. The molecule has 0 bridgehead atoms. The fraction of sp³-hybridized carbons (Fsp3) is 0.857. The second-order valence-corrected chi connectivity index (χ2v) is 7.30. The van der Waals surface area contributed by atoms with Crippen LogP contribution in [0.4, 0.5) is 4.79 Å². The smallest absolute Gasteiger partial charge is 0.408 e. The summed E-state index contributed by atoms with van der Waals surface area (Å²) in [6, 6.07) is -0.262. The summed E-state index contributed by atoms with van der Waals surface area (Å²) in [5.41, 5.74) is -0.335. The summed E-state index contributed by atoms with van der Waals surface area (Å²) < 4.78 is 5.18. The quantitative estimate of drug-likeness (QED) is 0.825. The van der Waals surface area contributed by atoms with Gasteiger partial charge in [0.25, 0.3) is 0 Å². The largest absolute Gasteiger partial charge is 0.436 e. The number of cyclic esters (lactones) is 1. The average Bonchev–Trinajstić information content (AvgIpc) is 2.56. The lowest BCUT2D eigenvalue weighted by Gasteiger charge is -2.33. The van der Waals surface area contributed by atoms with Gasteiger partial charge >= 0.3 is 6.09 Å². The van der Waals surface area contributed by atoms with Crippen LogP contribution in [0.2, 0.25) is 0 Å². The van der Waals surface area contributed by atoms with Gasteiger partial charge in [0.2, 0.25) is 0 Å². The molecule has 1 aliphatic heterocycles. The van der Waals surface area contributed by atoms with E-state index in [0.717, 1.165) is 0 Å². The Morgan fingerprint density at radius 1 is 1.22 bits per heavy atom. The maximum Gasteiger partial charge on any atom is 0.408 e. The number of ether oxygens (including phenoxy) is 1. The summed E-state index contributed by atoms with van der Waals surface area (Å²) in [7, 11) is 0. The third-order valence-electron chi connectivity index (χ3n) is 3.75. The highest BCUT2D eigenvalue weighted by Crippen LogP contribution is 2.33. The van der Waals surface area contributed by atoms with Gasteiger partial charge in [-0.3, -0.25) is 4.79 Å². The van der Waals surface area contributed by atoms with Crippen molar-refractivity contribution >= 4 is 11.9 Å². The Bertz CT molecular complexity index is 349. The molecule has 1 fully saturated rings. The Labute approximate surface area is 109 Å². The van der Waals surface area contributed by atoms with Crippen LogP contribution in [0.3, 0.4) is 0 Å². The van der Waals surface area contributed by atoms with Crippen LogP contribution in [0.25, 0.3) is 0 Å². The minimum Gasteiger partial charge on any atom is -0.436 e. The van der Waals surface area contributed by atoms with Gasteiger partial charge in [-0.15, -0.1) is 0 Å². The first-order chi connectivity index (χ1) is 7.94. The number of carbonyl (C=O) groups is 2. The lowest BCUT2D eigenvalue weighted by atomic mass is 9.74. The number of ketones is 1. The Balaban J connectivity index is 2.94. The van der Waals surface area contributed by atoms with Crippen LogP contribution in [-0.2, 0) is 9.53 Å². The van der Waals surface area contributed by atoms with Gasteiger partial charge in [0.05, 0.1) is 6.04 Å². The molecular formula is C14H25NO3. The zero-order chi connectivity index (χ0) is 14.3. The fourth-order valence-electron chi connectivity index (χ4n) is 1.99. The molecule has 1 aliphatic rings. The molecule has 18 heavy (non-hydrogen) atoms. The SMILES string of the molecule is C[C@@H](C(=O)C1OC(=O)NC1C(C)(C)C)C(C)(C)C. The van der Waals surface area contributed by atoms with Crippen LogP contribution in [0.5, 0.6) is 0 Å². The molecule has 1 amide bonds. The van der Waals surface area contributed by atoms with Crippen LogP contribution >= 0.6 is 0 Å². The number of nitrogens with one attached hydrogen (secondary N) is 1. The van der Waals surface area contributed by atoms with Gasteiger partial charge in [0, 0.05) is 5.92 Å². The van der Waals surface area contributed by atoms with Crippen molar-refractivity contribution in [2.24, 2.45) is 16.7 Å². The van der Waals surface area contributed by atoms with Gasteiger partial charge < -0.3 is 10.1 Å². The maximum absolute atomic E-state index is 12.5. The summed E-state index contributed by atoms with van der Waals surface area (Å²) in [4.78, 5) is 23.9. The highest BCUT2D eigenvalue weighted by molar-refractivity contribution is 5.90. The van der Waals surface area contributed by atoms with Gasteiger partial charge in [-0.25, -0.2) is 4.79 Å². The monoisotopic (exact) mass is 255 g/mol.